The molecule has 0 aliphatic rings. The Bertz CT molecular complexity index is 822. The summed E-state index contributed by atoms with van der Waals surface area (Å²) in [5, 5.41) is 12.4. The van der Waals surface area contributed by atoms with E-state index in [2.05, 4.69) is 26.2 Å². The van der Waals surface area contributed by atoms with Gasteiger partial charge < -0.3 is 15.0 Å². The van der Waals surface area contributed by atoms with E-state index in [1.54, 1.807) is 6.92 Å². The van der Waals surface area contributed by atoms with Gasteiger partial charge in [0.25, 0.3) is 5.91 Å². The number of alkyl halides is 3. The van der Waals surface area contributed by atoms with Crippen molar-refractivity contribution >= 4 is 21.8 Å². The average Bonchev–Trinajstić information content (AvgIpc) is 2.96. The molecule has 26 heavy (non-hydrogen) atoms. The first-order chi connectivity index (χ1) is 12.0. The molecular formula is C16H16BrF4N3O2. The molecule has 1 atom stereocenters. The Hall–Kier alpha value is -1.94. The van der Waals surface area contributed by atoms with Crippen LogP contribution in [0.4, 0.5) is 17.6 Å². The topological polar surface area (TPSA) is 67.2 Å². The minimum atomic E-state index is -5.01. The number of halogens is 5. The number of carbonyl (C=O) groups is 1. The number of rotatable bonds is 5. The highest BCUT2D eigenvalue weighted by Gasteiger charge is 2.57. The Morgan fingerprint density at radius 1 is 1.38 bits per heavy atom. The van der Waals surface area contributed by atoms with Crippen molar-refractivity contribution in [2.75, 3.05) is 6.54 Å². The first-order valence-corrected chi connectivity index (χ1v) is 8.28. The van der Waals surface area contributed by atoms with Crippen molar-refractivity contribution in [2.24, 2.45) is 7.05 Å². The summed E-state index contributed by atoms with van der Waals surface area (Å²) in [7, 11) is 1.32. The summed E-state index contributed by atoms with van der Waals surface area (Å²) >= 11 is 3.09. The van der Waals surface area contributed by atoms with Crippen LogP contribution >= 0.6 is 15.9 Å². The molecule has 1 heterocycles. The summed E-state index contributed by atoms with van der Waals surface area (Å²) in [6, 6.07) is 2.55. The van der Waals surface area contributed by atoms with Crippen LogP contribution in [0.5, 0.6) is 0 Å². The number of aryl methyl sites for hydroxylation is 2. The minimum absolute atomic E-state index is 0.213. The third kappa shape index (κ3) is 3.75. The summed E-state index contributed by atoms with van der Waals surface area (Å²) in [5.41, 5.74) is -2.96. The Balaban J connectivity index is 2.18. The summed E-state index contributed by atoms with van der Waals surface area (Å²) in [6.45, 7) is 1.10. The zero-order valence-corrected chi connectivity index (χ0v) is 15.4. The highest BCUT2D eigenvalue weighted by molar-refractivity contribution is 9.10. The van der Waals surface area contributed by atoms with Crippen LogP contribution in [0.2, 0.25) is 0 Å². The number of hydrogen-bond acceptors (Lipinski definition) is 3. The van der Waals surface area contributed by atoms with E-state index >= 15 is 0 Å². The van der Waals surface area contributed by atoms with Gasteiger partial charge >= 0.3 is 6.18 Å². The van der Waals surface area contributed by atoms with Gasteiger partial charge in [-0.15, -0.1) is 0 Å². The maximum atomic E-state index is 13.9. The van der Waals surface area contributed by atoms with Gasteiger partial charge in [0.1, 0.15) is 11.6 Å². The first kappa shape index (κ1) is 20.4. The van der Waals surface area contributed by atoms with Crippen molar-refractivity contribution in [3.8, 4) is 0 Å². The lowest BCUT2D eigenvalue weighted by atomic mass is 9.97. The summed E-state index contributed by atoms with van der Waals surface area (Å²) in [4.78, 5) is 15.7. The van der Waals surface area contributed by atoms with Gasteiger partial charge in [-0.2, -0.15) is 13.2 Å². The number of aromatic nitrogens is 2. The van der Waals surface area contributed by atoms with Crippen LogP contribution in [-0.2, 0) is 12.6 Å². The number of imidazole rings is 1. The lowest BCUT2D eigenvalue weighted by molar-refractivity contribution is -0.272. The minimum Gasteiger partial charge on any atom is -0.374 e. The zero-order valence-electron chi connectivity index (χ0n) is 13.9. The van der Waals surface area contributed by atoms with Gasteiger partial charge in [-0.05, 0) is 34.5 Å². The normalized spacial score (nSPS) is 14.2. The van der Waals surface area contributed by atoms with Crippen molar-refractivity contribution in [1.29, 1.82) is 0 Å². The van der Waals surface area contributed by atoms with Crippen LogP contribution in [-0.4, -0.2) is 33.3 Å². The van der Waals surface area contributed by atoms with E-state index in [4.69, 9.17) is 0 Å². The molecule has 5 nitrogen and oxygen atoms in total. The molecular weight excluding hydrogens is 422 g/mol. The molecule has 1 aromatic carbocycles. The van der Waals surface area contributed by atoms with Crippen LogP contribution in [0.1, 0.15) is 28.2 Å². The summed E-state index contributed by atoms with van der Waals surface area (Å²) in [6.07, 6.45) is -3.49. The number of benzene rings is 1. The number of aliphatic hydroxyl groups is 1. The number of nitrogens with zero attached hydrogens (tertiary/aromatic N) is 2. The van der Waals surface area contributed by atoms with Crippen molar-refractivity contribution in [3.63, 3.8) is 0 Å². The summed E-state index contributed by atoms with van der Waals surface area (Å²) in [5.74, 6) is -2.29. The molecule has 0 saturated carbocycles. The molecule has 0 aliphatic heterocycles. The Kier molecular flexibility index (Phi) is 5.76. The average molecular weight is 438 g/mol. The van der Waals surface area contributed by atoms with E-state index < -0.39 is 42.3 Å². The van der Waals surface area contributed by atoms with Crippen molar-refractivity contribution in [3.05, 3.63) is 51.8 Å². The lowest BCUT2D eigenvalue weighted by Crippen LogP contribution is -2.46. The second-order valence-corrected chi connectivity index (χ2v) is 6.57. The number of carbonyl (C=O) groups excluding carboxylic acids is 1. The maximum Gasteiger partial charge on any atom is 0.424 e. The largest absolute Gasteiger partial charge is 0.424 e. The molecule has 0 fully saturated rings. The molecule has 10 heteroatoms. The molecule has 0 bridgehead atoms. The van der Waals surface area contributed by atoms with Gasteiger partial charge in [0, 0.05) is 36.9 Å². The van der Waals surface area contributed by atoms with Crippen LogP contribution < -0.4 is 5.32 Å². The van der Waals surface area contributed by atoms with Gasteiger partial charge in [0.15, 0.2) is 0 Å². The summed E-state index contributed by atoms with van der Waals surface area (Å²) < 4.78 is 55.3. The second-order valence-electron chi connectivity index (χ2n) is 5.78. The van der Waals surface area contributed by atoms with E-state index in [1.807, 2.05) is 0 Å². The third-order valence-corrected chi connectivity index (χ3v) is 4.97. The van der Waals surface area contributed by atoms with Gasteiger partial charge in [-0.25, -0.2) is 9.37 Å². The highest BCUT2D eigenvalue weighted by atomic mass is 79.9. The van der Waals surface area contributed by atoms with E-state index in [-0.39, 0.29) is 10.0 Å². The standard InChI is InChI=1S/C16H16BrF4N3O2/c1-9-3-4-10(18)11(12(9)17)13(25)22-6-5-15(26,16(19,20)21)14-23-7-8-24(14)2/h3-4,7-8,26H,5-6H2,1-2H3,(H,22,25)/t15-/m1/s1. The molecule has 0 spiro atoms. The first-order valence-electron chi connectivity index (χ1n) is 7.48. The highest BCUT2D eigenvalue weighted by Crippen LogP contribution is 2.40. The fourth-order valence-corrected chi connectivity index (χ4v) is 2.96. The van der Waals surface area contributed by atoms with E-state index in [0.29, 0.717) is 5.56 Å². The van der Waals surface area contributed by atoms with Gasteiger partial charge in [0.05, 0.1) is 5.56 Å². The SMILES string of the molecule is Cc1ccc(F)c(C(=O)NCC[C@@](O)(c2nccn2C)C(F)(F)F)c1Br. The van der Waals surface area contributed by atoms with Crippen LogP contribution in [0.3, 0.4) is 0 Å². The maximum absolute atomic E-state index is 13.9. The molecule has 2 aromatic rings. The third-order valence-electron chi connectivity index (χ3n) is 3.94. The van der Waals surface area contributed by atoms with Crippen molar-refractivity contribution in [2.45, 2.75) is 25.1 Å². The molecule has 0 saturated heterocycles. The van der Waals surface area contributed by atoms with Crippen LogP contribution in [0.25, 0.3) is 0 Å². The molecule has 1 aromatic heterocycles. The Labute approximate surface area is 155 Å². The number of amides is 1. The molecule has 0 aliphatic carbocycles. The van der Waals surface area contributed by atoms with Crippen LogP contribution in [0, 0.1) is 12.7 Å². The fraction of sp³-hybridized carbons (Fsp3) is 0.375. The van der Waals surface area contributed by atoms with Gasteiger partial charge in [-0.3, -0.25) is 4.79 Å². The molecule has 2 N–H and O–H groups in total. The fourth-order valence-electron chi connectivity index (χ4n) is 2.45. The van der Waals surface area contributed by atoms with E-state index in [1.165, 1.54) is 19.3 Å². The van der Waals surface area contributed by atoms with Gasteiger partial charge in [0.2, 0.25) is 5.60 Å². The van der Waals surface area contributed by atoms with Crippen LogP contribution in [0.15, 0.2) is 29.0 Å². The van der Waals surface area contributed by atoms with Gasteiger partial charge in [-0.1, -0.05) is 6.07 Å². The lowest BCUT2D eigenvalue weighted by Gasteiger charge is -2.30. The smallest absolute Gasteiger partial charge is 0.374 e. The molecule has 0 radical (unpaired) electrons. The molecule has 0 unspecified atom stereocenters. The predicted molar refractivity (Wildman–Crippen MR) is 88.9 cm³/mol. The zero-order chi connectivity index (χ0) is 19.7. The van der Waals surface area contributed by atoms with E-state index in [9.17, 15) is 27.5 Å². The number of hydrogen-bond donors (Lipinski definition) is 2. The Morgan fingerprint density at radius 3 is 2.58 bits per heavy atom. The van der Waals surface area contributed by atoms with E-state index in [0.717, 1.165) is 16.8 Å². The number of nitrogens with one attached hydrogen (secondary N) is 1. The molecule has 2 rings (SSSR count). The Morgan fingerprint density at radius 2 is 2.04 bits per heavy atom. The monoisotopic (exact) mass is 437 g/mol. The predicted octanol–water partition coefficient (Wildman–Crippen LogP) is 3.20. The molecule has 142 valence electrons. The molecule has 1 amide bonds. The quantitative estimate of drug-likeness (QED) is 0.705. The second kappa shape index (κ2) is 7.36. The van der Waals surface area contributed by atoms with Crippen molar-refractivity contribution < 1.29 is 27.5 Å². The van der Waals surface area contributed by atoms with Crippen molar-refractivity contribution in [1.82, 2.24) is 14.9 Å².